The normalized spacial score (nSPS) is 28.9. The Morgan fingerprint density at radius 3 is 2.81 bits per heavy atom. The number of aromatic nitrogens is 2. The van der Waals surface area contributed by atoms with Crippen molar-refractivity contribution in [2.24, 2.45) is 0 Å². The van der Waals surface area contributed by atoms with E-state index in [1.807, 2.05) is 0 Å². The second kappa shape index (κ2) is 7.23. The summed E-state index contributed by atoms with van der Waals surface area (Å²) in [6.07, 6.45) is -0.232. The van der Waals surface area contributed by atoms with Crippen LogP contribution in [0.4, 0.5) is 0 Å². The number of H-pyrrole nitrogens is 1. The average Bonchev–Trinajstić information content (AvgIpc) is 2.76. The van der Waals surface area contributed by atoms with Gasteiger partial charge in [0.1, 0.15) is 11.5 Å². The highest BCUT2D eigenvalue weighted by Crippen LogP contribution is 2.42. The van der Waals surface area contributed by atoms with Gasteiger partial charge in [0.25, 0.3) is 5.56 Å². The largest absolute Gasteiger partial charge is 0.395 e. The van der Waals surface area contributed by atoms with Crippen molar-refractivity contribution in [2.75, 3.05) is 26.9 Å². The Labute approximate surface area is 124 Å². The number of nitrogens with one attached hydrogen (secondary N) is 1. The number of methoxy groups -OCH3 is 1. The lowest BCUT2D eigenvalue weighted by molar-refractivity contribution is -0.0565. The van der Waals surface area contributed by atoms with Crippen molar-refractivity contribution in [1.82, 2.24) is 9.55 Å². The molecular formula is C12H18N2O6S. The molecule has 0 radical (unpaired) electrons. The molecule has 2 rings (SSSR count). The van der Waals surface area contributed by atoms with Crippen molar-refractivity contribution in [1.29, 1.82) is 0 Å². The first-order chi connectivity index (χ1) is 10.1. The van der Waals surface area contributed by atoms with Crippen molar-refractivity contribution in [2.45, 2.75) is 22.8 Å². The summed E-state index contributed by atoms with van der Waals surface area (Å²) in [4.78, 5) is 25.2. The number of aromatic amines is 1. The number of hydrogen-bond acceptors (Lipinski definition) is 7. The van der Waals surface area contributed by atoms with Crippen molar-refractivity contribution in [3.63, 3.8) is 0 Å². The summed E-state index contributed by atoms with van der Waals surface area (Å²) < 4.78 is 11.8. The van der Waals surface area contributed by atoms with Crippen LogP contribution >= 0.6 is 11.8 Å². The lowest BCUT2D eigenvalue weighted by atomic mass is 10.1. The van der Waals surface area contributed by atoms with Gasteiger partial charge in [0.05, 0.1) is 31.2 Å². The molecule has 1 aromatic heterocycles. The first-order valence-electron chi connectivity index (χ1n) is 6.45. The molecule has 0 aromatic carbocycles. The van der Waals surface area contributed by atoms with Crippen LogP contribution in [0.15, 0.2) is 21.9 Å². The molecule has 0 aliphatic carbocycles. The highest BCUT2D eigenvalue weighted by Gasteiger charge is 2.45. The van der Waals surface area contributed by atoms with Crippen LogP contribution in [0.3, 0.4) is 0 Å². The van der Waals surface area contributed by atoms with Crippen molar-refractivity contribution >= 4 is 11.8 Å². The summed E-state index contributed by atoms with van der Waals surface area (Å²) in [6.45, 7) is 0.376. The van der Waals surface area contributed by atoms with Crippen LogP contribution in [0, 0.1) is 0 Å². The molecule has 9 heteroatoms. The van der Waals surface area contributed by atoms with E-state index in [0.29, 0.717) is 6.61 Å². The lowest BCUT2D eigenvalue weighted by Crippen LogP contribution is -2.39. The molecule has 1 saturated heterocycles. The summed E-state index contributed by atoms with van der Waals surface area (Å²) in [6, 6.07) is 1.23. The van der Waals surface area contributed by atoms with Crippen LogP contribution in [0.25, 0.3) is 0 Å². The maximum absolute atomic E-state index is 11.9. The Kier molecular flexibility index (Phi) is 5.59. The first kappa shape index (κ1) is 16.2. The molecule has 0 saturated carbocycles. The Balaban J connectivity index is 2.25. The van der Waals surface area contributed by atoms with E-state index in [1.54, 1.807) is 0 Å². The van der Waals surface area contributed by atoms with Gasteiger partial charge in [-0.1, -0.05) is 0 Å². The molecule has 0 spiro atoms. The van der Waals surface area contributed by atoms with Gasteiger partial charge in [0, 0.05) is 19.4 Å². The number of nitrogens with zero attached hydrogens (tertiary/aromatic N) is 1. The van der Waals surface area contributed by atoms with Crippen LogP contribution < -0.4 is 11.2 Å². The third kappa shape index (κ3) is 3.55. The molecule has 0 bridgehead atoms. The smallest absolute Gasteiger partial charge is 0.329 e. The van der Waals surface area contributed by atoms with E-state index >= 15 is 0 Å². The molecule has 2 heterocycles. The summed E-state index contributed by atoms with van der Waals surface area (Å²) in [5.74, 6) is 0. The van der Waals surface area contributed by atoms with Gasteiger partial charge in [-0.25, -0.2) is 4.79 Å². The number of thioether (sulfide) groups is 1. The molecule has 8 nitrogen and oxygen atoms in total. The molecule has 1 fully saturated rings. The Morgan fingerprint density at radius 1 is 1.43 bits per heavy atom. The Bertz CT molecular complexity index is 573. The Hall–Kier alpha value is -1.13. The van der Waals surface area contributed by atoms with Gasteiger partial charge in [-0.2, -0.15) is 0 Å². The highest BCUT2D eigenvalue weighted by atomic mass is 32.2. The van der Waals surface area contributed by atoms with E-state index in [4.69, 9.17) is 9.47 Å². The van der Waals surface area contributed by atoms with E-state index < -0.39 is 34.1 Å². The molecule has 1 aliphatic heterocycles. The van der Waals surface area contributed by atoms with E-state index in [2.05, 4.69) is 4.98 Å². The minimum atomic E-state index is -0.916. The SMILES string of the molecule is COCCOC1[C@@H](O)[C@@H](CO)S[C@H]1n1ccc(=O)[nH]c1=O. The number of ether oxygens (including phenoxy) is 2. The fourth-order valence-corrected chi connectivity index (χ4v) is 3.62. The monoisotopic (exact) mass is 318 g/mol. The zero-order valence-electron chi connectivity index (χ0n) is 11.5. The molecule has 118 valence electrons. The van der Waals surface area contributed by atoms with Crippen LogP contribution in [-0.4, -0.2) is 64.2 Å². The molecule has 1 unspecified atom stereocenters. The Morgan fingerprint density at radius 2 is 2.19 bits per heavy atom. The van der Waals surface area contributed by atoms with Gasteiger partial charge in [0.2, 0.25) is 0 Å². The van der Waals surface area contributed by atoms with Crippen LogP contribution in [0.5, 0.6) is 0 Å². The maximum atomic E-state index is 11.9. The topological polar surface area (TPSA) is 114 Å². The standard InChI is InChI=1S/C12H18N2O6S/c1-19-4-5-20-10-9(17)7(6-15)21-11(10)14-3-2-8(16)13-12(14)18/h2-3,7,9-11,15,17H,4-6H2,1H3,(H,13,16,18)/t7-,9+,10?,11-/m1/s1. The highest BCUT2D eigenvalue weighted by molar-refractivity contribution is 8.00. The van der Waals surface area contributed by atoms with E-state index in [0.717, 1.165) is 0 Å². The predicted octanol–water partition coefficient (Wildman–Crippen LogP) is -1.46. The summed E-state index contributed by atoms with van der Waals surface area (Å²) >= 11 is 1.23. The van der Waals surface area contributed by atoms with Crippen molar-refractivity contribution in [3.8, 4) is 0 Å². The lowest BCUT2D eigenvalue weighted by Gasteiger charge is -2.23. The second-order valence-electron chi connectivity index (χ2n) is 4.58. The maximum Gasteiger partial charge on any atom is 0.329 e. The first-order valence-corrected chi connectivity index (χ1v) is 7.39. The number of aliphatic hydroxyl groups is 2. The molecular weight excluding hydrogens is 300 g/mol. The van der Waals surface area contributed by atoms with Gasteiger partial charge in [-0.15, -0.1) is 11.8 Å². The fraction of sp³-hybridized carbons (Fsp3) is 0.667. The second-order valence-corrected chi connectivity index (χ2v) is 5.94. The van der Waals surface area contributed by atoms with Gasteiger partial charge >= 0.3 is 5.69 Å². The van der Waals surface area contributed by atoms with E-state index in [9.17, 15) is 19.8 Å². The number of hydrogen-bond donors (Lipinski definition) is 3. The van der Waals surface area contributed by atoms with Gasteiger partial charge in [-0.05, 0) is 0 Å². The van der Waals surface area contributed by atoms with Crippen LogP contribution in [0.1, 0.15) is 5.37 Å². The zero-order chi connectivity index (χ0) is 15.4. The average molecular weight is 318 g/mol. The predicted molar refractivity (Wildman–Crippen MR) is 76.4 cm³/mol. The van der Waals surface area contributed by atoms with E-state index in [-0.39, 0.29) is 13.2 Å². The summed E-state index contributed by atoms with van der Waals surface area (Å²) in [7, 11) is 1.53. The third-order valence-corrected chi connectivity index (χ3v) is 4.77. The molecule has 3 N–H and O–H groups in total. The van der Waals surface area contributed by atoms with Gasteiger partial charge in [-0.3, -0.25) is 14.3 Å². The molecule has 0 amide bonds. The molecule has 21 heavy (non-hydrogen) atoms. The quantitative estimate of drug-likeness (QED) is 0.549. The van der Waals surface area contributed by atoms with Crippen LogP contribution in [-0.2, 0) is 9.47 Å². The fourth-order valence-electron chi connectivity index (χ4n) is 2.17. The zero-order valence-corrected chi connectivity index (χ0v) is 12.3. The number of rotatable bonds is 6. The van der Waals surface area contributed by atoms with Crippen molar-refractivity contribution in [3.05, 3.63) is 33.1 Å². The van der Waals surface area contributed by atoms with Gasteiger partial charge < -0.3 is 19.7 Å². The number of aliphatic hydroxyl groups excluding tert-OH is 2. The minimum absolute atomic E-state index is 0.232. The molecule has 1 aliphatic rings. The molecule has 4 atom stereocenters. The minimum Gasteiger partial charge on any atom is -0.395 e. The van der Waals surface area contributed by atoms with Crippen LogP contribution in [0.2, 0.25) is 0 Å². The van der Waals surface area contributed by atoms with Gasteiger partial charge in [0.15, 0.2) is 0 Å². The van der Waals surface area contributed by atoms with E-state index in [1.165, 1.54) is 35.7 Å². The summed E-state index contributed by atoms with van der Waals surface area (Å²) in [5, 5.41) is 18.5. The molecule has 1 aromatic rings. The third-order valence-electron chi connectivity index (χ3n) is 3.22. The summed E-state index contributed by atoms with van der Waals surface area (Å²) in [5.41, 5.74) is -1.07. The van der Waals surface area contributed by atoms with Crippen molar-refractivity contribution < 1.29 is 19.7 Å².